The highest BCUT2D eigenvalue weighted by Crippen LogP contribution is 2.29. The first-order valence-electron chi connectivity index (χ1n) is 4.48. The highest BCUT2D eigenvalue weighted by Gasteiger charge is 2.23. The molecule has 2 nitrogen and oxygen atoms in total. The highest BCUT2D eigenvalue weighted by molar-refractivity contribution is 7.09. The Kier molecular flexibility index (Phi) is 2.42. The number of aromatic nitrogens is 1. The van der Waals surface area contributed by atoms with E-state index < -0.39 is 0 Å². The van der Waals surface area contributed by atoms with Gasteiger partial charge in [0.25, 0.3) is 0 Å². The number of rotatable bonds is 2. The second-order valence-corrected chi connectivity index (χ2v) is 4.34. The summed E-state index contributed by atoms with van der Waals surface area (Å²) in [4.78, 5) is 4.35. The molecule has 1 aromatic heterocycles. The van der Waals surface area contributed by atoms with Gasteiger partial charge in [0.1, 0.15) is 0 Å². The number of nitrogens with one attached hydrogen (secondary N) is 1. The Balaban J connectivity index is 2.04. The Labute approximate surface area is 77.0 Å². The van der Waals surface area contributed by atoms with Crippen molar-refractivity contribution in [3.8, 4) is 0 Å². The van der Waals surface area contributed by atoms with Gasteiger partial charge in [0.05, 0.1) is 5.01 Å². The molecule has 2 atom stereocenters. The molecule has 1 fully saturated rings. The first-order chi connectivity index (χ1) is 5.88. The van der Waals surface area contributed by atoms with Crippen LogP contribution in [0.3, 0.4) is 0 Å². The number of nitrogens with zero attached hydrogens (tertiary/aromatic N) is 1. The monoisotopic (exact) mass is 182 g/mol. The van der Waals surface area contributed by atoms with E-state index in [1.165, 1.54) is 24.5 Å². The lowest BCUT2D eigenvalue weighted by molar-refractivity contribution is 0.486. The fraction of sp³-hybridized carbons (Fsp3) is 0.667. The van der Waals surface area contributed by atoms with Crippen LogP contribution in [-0.4, -0.2) is 18.1 Å². The number of hydrogen-bond acceptors (Lipinski definition) is 3. The normalized spacial score (nSPS) is 25.9. The third kappa shape index (κ3) is 1.52. The van der Waals surface area contributed by atoms with Gasteiger partial charge >= 0.3 is 0 Å². The summed E-state index contributed by atoms with van der Waals surface area (Å²) in [6, 6.07) is 0. The molecule has 1 N–H and O–H groups in total. The molecule has 66 valence electrons. The van der Waals surface area contributed by atoms with Crippen molar-refractivity contribution >= 4 is 11.3 Å². The van der Waals surface area contributed by atoms with Crippen molar-refractivity contribution in [2.75, 3.05) is 13.1 Å². The molecule has 0 radical (unpaired) electrons. The summed E-state index contributed by atoms with van der Waals surface area (Å²) in [7, 11) is 0. The summed E-state index contributed by atoms with van der Waals surface area (Å²) in [5.41, 5.74) is 0. The van der Waals surface area contributed by atoms with Crippen LogP contribution < -0.4 is 5.32 Å². The smallest absolute Gasteiger partial charge is 0.0956 e. The summed E-state index contributed by atoms with van der Waals surface area (Å²) in [5, 5.41) is 6.75. The maximum absolute atomic E-state index is 4.35. The summed E-state index contributed by atoms with van der Waals surface area (Å²) < 4.78 is 0. The molecule has 0 aromatic carbocycles. The molecular weight excluding hydrogens is 168 g/mol. The van der Waals surface area contributed by atoms with E-state index in [2.05, 4.69) is 22.6 Å². The van der Waals surface area contributed by atoms with E-state index in [9.17, 15) is 0 Å². The van der Waals surface area contributed by atoms with Gasteiger partial charge in [0.2, 0.25) is 0 Å². The van der Waals surface area contributed by atoms with Gasteiger partial charge < -0.3 is 5.32 Å². The minimum absolute atomic E-state index is 0.639. The van der Waals surface area contributed by atoms with Crippen molar-refractivity contribution in [1.82, 2.24) is 10.3 Å². The molecular formula is C9H14N2S. The van der Waals surface area contributed by atoms with Crippen LogP contribution in [0.5, 0.6) is 0 Å². The van der Waals surface area contributed by atoms with Crippen LogP contribution in [0.1, 0.15) is 24.3 Å². The predicted molar refractivity (Wildman–Crippen MR) is 51.5 cm³/mol. The molecule has 0 amide bonds. The SMILES string of the molecule is CC(c1nccs1)C1CCNC1. The van der Waals surface area contributed by atoms with Crippen LogP contribution in [0.15, 0.2) is 11.6 Å². The Bertz CT molecular complexity index is 227. The molecule has 0 spiro atoms. The number of hydrogen-bond donors (Lipinski definition) is 1. The molecule has 1 aromatic rings. The van der Waals surface area contributed by atoms with Crippen LogP contribution in [0.25, 0.3) is 0 Å². The predicted octanol–water partition coefficient (Wildman–Crippen LogP) is 1.86. The molecule has 0 saturated carbocycles. The molecule has 0 bridgehead atoms. The van der Waals surface area contributed by atoms with E-state index in [1.54, 1.807) is 11.3 Å². The van der Waals surface area contributed by atoms with Gasteiger partial charge in [-0.3, -0.25) is 0 Å². The van der Waals surface area contributed by atoms with Crippen LogP contribution in [0.2, 0.25) is 0 Å². The molecule has 12 heavy (non-hydrogen) atoms. The van der Waals surface area contributed by atoms with Gasteiger partial charge in [-0.1, -0.05) is 6.92 Å². The van der Waals surface area contributed by atoms with E-state index in [0.29, 0.717) is 5.92 Å². The highest BCUT2D eigenvalue weighted by atomic mass is 32.1. The molecule has 2 unspecified atom stereocenters. The minimum Gasteiger partial charge on any atom is -0.316 e. The topological polar surface area (TPSA) is 24.9 Å². The van der Waals surface area contributed by atoms with Gasteiger partial charge in [-0.2, -0.15) is 0 Å². The van der Waals surface area contributed by atoms with E-state index in [0.717, 1.165) is 5.92 Å². The lowest BCUT2D eigenvalue weighted by Gasteiger charge is -2.14. The zero-order chi connectivity index (χ0) is 8.39. The lowest BCUT2D eigenvalue weighted by atomic mass is 9.94. The molecule has 1 aliphatic heterocycles. The Morgan fingerprint density at radius 2 is 2.67 bits per heavy atom. The zero-order valence-corrected chi connectivity index (χ0v) is 8.10. The van der Waals surface area contributed by atoms with Crippen molar-refractivity contribution < 1.29 is 0 Å². The quantitative estimate of drug-likeness (QED) is 0.755. The Hall–Kier alpha value is -0.410. The van der Waals surface area contributed by atoms with Gasteiger partial charge in [-0.15, -0.1) is 11.3 Å². The molecule has 2 rings (SSSR count). The first-order valence-corrected chi connectivity index (χ1v) is 5.36. The van der Waals surface area contributed by atoms with E-state index in [-0.39, 0.29) is 0 Å². The molecule has 3 heteroatoms. The van der Waals surface area contributed by atoms with Crippen LogP contribution in [0.4, 0.5) is 0 Å². The van der Waals surface area contributed by atoms with Crippen LogP contribution in [-0.2, 0) is 0 Å². The van der Waals surface area contributed by atoms with Crippen molar-refractivity contribution in [3.05, 3.63) is 16.6 Å². The Morgan fingerprint density at radius 3 is 3.25 bits per heavy atom. The van der Waals surface area contributed by atoms with Crippen molar-refractivity contribution in [1.29, 1.82) is 0 Å². The fourth-order valence-corrected chi connectivity index (χ4v) is 2.55. The first kappa shape index (κ1) is 8.20. The largest absolute Gasteiger partial charge is 0.316 e. The lowest BCUT2D eigenvalue weighted by Crippen LogP contribution is -2.14. The summed E-state index contributed by atoms with van der Waals surface area (Å²) in [6.45, 7) is 4.64. The van der Waals surface area contributed by atoms with Crippen molar-refractivity contribution in [3.63, 3.8) is 0 Å². The molecule has 1 aliphatic rings. The number of thiazole rings is 1. The summed E-state index contributed by atoms with van der Waals surface area (Å²) in [5.74, 6) is 1.44. The van der Waals surface area contributed by atoms with Gasteiger partial charge in [-0.05, 0) is 25.4 Å². The minimum atomic E-state index is 0.639. The second kappa shape index (κ2) is 3.54. The third-order valence-electron chi connectivity index (χ3n) is 2.65. The Morgan fingerprint density at radius 1 is 1.75 bits per heavy atom. The summed E-state index contributed by atoms with van der Waals surface area (Å²) in [6.07, 6.45) is 3.21. The average molecular weight is 182 g/mol. The van der Waals surface area contributed by atoms with Crippen LogP contribution in [0, 0.1) is 5.92 Å². The fourth-order valence-electron chi connectivity index (χ4n) is 1.76. The standard InChI is InChI=1S/C9H14N2S/c1-7(8-2-3-10-6-8)9-11-4-5-12-9/h4-5,7-8,10H,2-3,6H2,1H3. The van der Waals surface area contributed by atoms with Crippen molar-refractivity contribution in [2.24, 2.45) is 5.92 Å². The molecule has 2 heterocycles. The summed E-state index contributed by atoms with van der Waals surface area (Å²) >= 11 is 1.78. The molecule has 1 saturated heterocycles. The maximum atomic E-state index is 4.35. The van der Waals surface area contributed by atoms with Gasteiger partial charge in [0.15, 0.2) is 0 Å². The third-order valence-corrected chi connectivity index (χ3v) is 3.62. The van der Waals surface area contributed by atoms with Crippen LogP contribution >= 0.6 is 11.3 Å². The average Bonchev–Trinajstić information content (AvgIpc) is 2.77. The zero-order valence-electron chi connectivity index (χ0n) is 7.29. The second-order valence-electron chi connectivity index (χ2n) is 3.41. The van der Waals surface area contributed by atoms with Gasteiger partial charge in [0, 0.05) is 17.5 Å². The van der Waals surface area contributed by atoms with Gasteiger partial charge in [-0.25, -0.2) is 4.98 Å². The maximum Gasteiger partial charge on any atom is 0.0956 e. The molecule has 0 aliphatic carbocycles. The van der Waals surface area contributed by atoms with E-state index in [1.807, 2.05) is 6.20 Å². The van der Waals surface area contributed by atoms with Crippen molar-refractivity contribution in [2.45, 2.75) is 19.3 Å². The van der Waals surface area contributed by atoms with E-state index in [4.69, 9.17) is 0 Å². The van der Waals surface area contributed by atoms with E-state index >= 15 is 0 Å².